The van der Waals surface area contributed by atoms with Crippen LogP contribution >= 0.6 is 0 Å². The summed E-state index contributed by atoms with van der Waals surface area (Å²) in [6, 6.07) is 14.3. The zero-order valence-electron chi connectivity index (χ0n) is 12.0. The van der Waals surface area contributed by atoms with Gasteiger partial charge in [0.25, 0.3) is 5.91 Å². The van der Waals surface area contributed by atoms with Gasteiger partial charge >= 0.3 is 0 Å². The van der Waals surface area contributed by atoms with Gasteiger partial charge in [-0.1, -0.05) is 18.2 Å². The van der Waals surface area contributed by atoms with Crippen LogP contribution in [0.5, 0.6) is 17.2 Å². The molecular weight excluding hydrogens is 270 g/mol. The van der Waals surface area contributed by atoms with E-state index in [0.29, 0.717) is 22.9 Å². The molecule has 21 heavy (non-hydrogen) atoms. The van der Waals surface area contributed by atoms with E-state index in [2.05, 4.69) is 5.32 Å². The fourth-order valence-corrected chi connectivity index (χ4v) is 1.74. The van der Waals surface area contributed by atoms with E-state index < -0.39 is 0 Å². The first-order chi connectivity index (χ1) is 10.2. The SMILES string of the molecule is COc1cc(NC(=O)COc2ccccc2)cc(OC)c1. The molecule has 0 radical (unpaired) electrons. The van der Waals surface area contributed by atoms with Crippen LogP contribution < -0.4 is 19.5 Å². The van der Waals surface area contributed by atoms with Crippen molar-refractivity contribution in [3.05, 3.63) is 48.5 Å². The van der Waals surface area contributed by atoms with Gasteiger partial charge < -0.3 is 19.5 Å². The van der Waals surface area contributed by atoms with Gasteiger partial charge in [0.05, 0.1) is 14.2 Å². The number of carbonyl (C=O) groups excluding carboxylic acids is 1. The van der Waals surface area contributed by atoms with E-state index in [1.165, 1.54) is 0 Å². The molecule has 0 aliphatic heterocycles. The van der Waals surface area contributed by atoms with Crippen LogP contribution in [-0.4, -0.2) is 26.7 Å². The summed E-state index contributed by atoms with van der Waals surface area (Å²) in [5, 5.41) is 2.74. The molecule has 0 saturated carbocycles. The van der Waals surface area contributed by atoms with Crippen molar-refractivity contribution in [2.24, 2.45) is 0 Å². The Morgan fingerprint density at radius 2 is 1.57 bits per heavy atom. The van der Waals surface area contributed by atoms with E-state index in [0.717, 1.165) is 0 Å². The highest BCUT2D eigenvalue weighted by Gasteiger charge is 2.07. The molecule has 2 rings (SSSR count). The van der Waals surface area contributed by atoms with Crippen LogP contribution in [0.2, 0.25) is 0 Å². The topological polar surface area (TPSA) is 56.8 Å². The van der Waals surface area contributed by atoms with E-state index in [1.807, 2.05) is 18.2 Å². The summed E-state index contributed by atoms with van der Waals surface area (Å²) in [4.78, 5) is 11.9. The summed E-state index contributed by atoms with van der Waals surface area (Å²) in [6.07, 6.45) is 0. The zero-order chi connectivity index (χ0) is 15.1. The lowest BCUT2D eigenvalue weighted by Gasteiger charge is -2.10. The smallest absolute Gasteiger partial charge is 0.262 e. The summed E-state index contributed by atoms with van der Waals surface area (Å²) < 4.78 is 15.7. The lowest BCUT2D eigenvalue weighted by Crippen LogP contribution is -2.20. The minimum Gasteiger partial charge on any atom is -0.497 e. The predicted octanol–water partition coefficient (Wildman–Crippen LogP) is 2.72. The first-order valence-electron chi connectivity index (χ1n) is 6.42. The molecule has 1 amide bonds. The molecule has 0 aliphatic carbocycles. The normalized spacial score (nSPS) is 9.81. The fraction of sp³-hybridized carbons (Fsp3) is 0.188. The van der Waals surface area contributed by atoms with Gasteiger partial charge in [-0.05, 0) is 12.1 Å². The highest BCUT2D eigenvalue weighted by molar-refractivity contribution is 5.92. The average Bonchev–Trinajstić information content (AvgIpc) is 2.53. The molecule has 0 spiro atoms. The Hall–Kier alpha value is -2.69. The molecule has 0 heterocycles. The number of benzene rings is 2. The third-order valence-electron chi connectivity index (χ3n) is 2.75. The van der Waals surface area contributed by atoms with Crippen LogP contribution in [-0.2, 0) is 4.79 Å². The van der Waals surface area contributed by atoms with Crippen molar-refractivity contribution >= 4 is 11.6 Å². The first-order valence-corrected chi connectivity index (χ1v) is 6.42. The number of hydrogen-bond donors (Lipinski definition) is 1. The van der Waals surface area contributed by atoms with Crippen LogP contribution in [0.4, 0.5) is 5.69 Å². The highest BCUT2D eigenvalue weighted by atomic mass is 16.5. The molecule has 110 valence electrons. The summed E-state index contributed by atoms with van der Waals surface area (Å²) >= 11 is 0. The Morgan fingerprint density at radius 1 is 0.952 bits per heavy atom. The van der Waals surface area contributed by atoms with E-state index in [-0.39, 0.29) is 12.5 Å². The van der Waals surface area contributed by atoms with Gasteiger partial charge in [-0.2, -0.15) is 0 Å². The van der Waals surface area contributed by atoms with E-state index in [4.69, 9.17) is 14.2 Å². The van der Waals surface area contributed by atoms with Gasteiger partial charge in [-0.25, -0.2) is 0 Å². The standard InChI is InChI=1S/C16H17NO4/c1-19-14-8-12(9-15(10-14)20-2)17-16(18)11-21-13-6-4-3-5-7-13/h3-10H,11H2,1-2H3,(H,17,18). The van der Waals surface area contributed by atoms with Gasteiger partial charge in [0.2, 0.25) is 0 Å². The van der Waals surface area contributed by atoms with Crippen LogP contribution in [0.15, 0.2) is 48.5 Å². The number of ether oxygens (including phenoxy) is 3. The number of methoxy groups -OCH3 is 2. The molecule has 0 unspecified atom stereocenters. The number of carbonyl (C=O) groups is 1. The Bertz CT molecular complexity index is 576. The van der Waals surface area contributed by atoms with Crippen LogP contribution in [0.1, 0.15) is 0 Å². The first kappa shape index (κ1) is 14.7. The number of anilines is 1. The Kier molecular flexibility index (Phi) is 5.04. The molecule has 5 nitrogen and oxygen atoms in total. The van der Waals surface area contributed by atoms with Crippen molar-refractivity contribution in [1.82, 2.24) is 0 Å². The molecule has 1 N–H and O–H groups in total. The predicted molar refractivity (Wildman–Crippen MR) is 80.1 cm³/mol. The maximum Gasteiger partial charge on any atom is 0.262 e. The Balaban J connectivity index is 1.96. The fourth-order valence-electron chi connectivity index (χ4n) is 1.74. The van der Waals surface area contributed by atoms with Crippen molar-refractivity contribution in [2.75, 3.05) is 26.1 Å². The van der Waals surface area contributed by atoms with Gasteiger partial charge in [0, 0.05) is 23.9 Å². The molecule has 0 aliphatic rings. The second-order valence-corrected chi connectivity index (χ2v) is 4.25. The summed E-state index contributed by atoms with van der Waals surface area (Å²) in [6.45, 7) is -0.0659. The Labute approximate surface area is 123 Å². The Morgan fingerprint density at radius 3 is 2.14 bits per heavy atom. The van der Waals surface area contributed by atoms with Crippen LogP contribution in [0.3, 0.4) is 0 Å². The molecule has 0 saturated heterocycles. The van der Waals surface area contributed by atoms with Gasteiger partial charge in [-0.3, -0.25) is 4.79 Å². The molecular formula is C16H17NO4. The summed E-state index contributed by atoms with van der Waals surface area (Å²) in [7, 11) is 3.11. The van der Waals surface area contributed by atoms with Crippen molar-refractivity contribution in [3.63, 3.8) is 0 Å². The minimum atomic E-state index is -0.255. The second-order valence-electron chi connectivity index (χ2n) is 4.25. The zero-order valence-corrected chi connectivity index (χ0v) is 12.0. The third-order valence-corrected chi connectivity index (χ3v) is 2.75. The van der Waals surface area contributed by atoms with Crippen molar-refractivity contribution in [2.45, 2.75) is 0 Å². The lowest BCUT2D eigenvalue weighted by molar-refractivity contribution is -0.118. The van der Waals surface area contributed by atoms with Crippen molar-refractivity contribution in [1.29, 1.82) is 0 Å². The summed E-state index contributed by atoms with van der Waals surface area (Å²) in [5.41, 5.74) is 0.591. The molecule has 0 atom stereocenters. The molecule has 0 bridgehead atoms. The number of nitrogens with one attached hydrogen (secondary N) is 1. The monoisotopic (exact) mass is 287 g/mol. The number of para-hydroxylation sites is 1. The maximum atomic E-state index is 11.9. The highest BCUT2D eigenvalue weighted by Crippen LogP contribution is 2.25. The molecule has 0 fully saturated rings. The quantitative estimate of drug-likeness (QED) is 0.887. The number of amides is 1. The molecule has 0 aromatic heterocycles. The number of hydrogen-bond acceptors (Lipinski definition) is 4. The van der Waals surface area contributed by atoms with Crippen molar-refractivity contribution in [3.8, 4) is 17.2 Å². The minimum absolute atomic E-state index is 0.0659. The largest absolute Gasteiger partial charge is 0.497 e. The third kappa shape index (κ3) is 4.42. The van der Waals surface area contributed by atoms with E-state index in [9.17, 15) is 4.79 Å². The average molecular weight is 287 g/mol. The van der Waals surface area contributed by atoms with Crippen molar-refractivity contribution < 1.29 is 19.0 Å². The van der Waals surface area contributed by atoms with E-state index in [1.54, 1.807) is 44.6 Å². The summed E-state index contributed by atoms with van der Waals surface area (Å²) in [5.74, 6) is 1.60. The van der Waals surface area contributed by atoms with Crippen LogP contribution in [0.25, 0.3) is 0 Å². The van der Waals surface area contributed by atoms with Crippen LogP contribution in [0, 0.1) is 0 Å². The van der Waals surface area contributed by atoms with E-state index >= 15 is 0 Å². The lowest BCUT2D eigenvalue weighted by atomic mass is 10.2. The molecule has 2 aromatic rings. The molecule has 2 aromatic carbocycles. The maximum absolute atomic E-state index is 11.9. The van der Waals surface area contributed by atoms with Gasteiger partial charge in [-0.15, -0.1) is 0 Å². The number of rotatable bonds is 6. The molecule has 5 heteroatoms. The van der Waals surface area contributed by atoms with Gasteiger partial charge in [0.1, 0.15) is 17.2 Å². The van der Waals surface area contributed by atoms with Gasteiger partial charge in [0.15, 0.2) is 6.61 Å². The second kappa shape index (κ2) is 7.19.